The van der Waals surface area contributed by atoms with Gasteiger partial charge in [-0.3, -0.25) is 0 Å². The summed E-state index contributed by atoms with van der Waals surface area (Å²) in [7, 11) is 0. The van der Waals surface area contributed by atoms with Gasteiger partial charge in [-0.15, -0.1) is 0 Å². The van der Waals surface area contributed by atoms with E-state index in [4.69, 9.17) is 4.74 Å². The van der Waals surface area contributed by atoms with Crippen LogP contribution in [-0.2, 0) is 4.74 Å². The third-order valence-corrected chi connectivity index (χ3v) is 4.53. The first kappa shape index (κ1) is 6.47. The number of rotatable bonds is 0. The van der Waals surface area contributed by atoms with E-state index < -0.39 is 0 Å². The minimum Gasteiger partial charge on any atom is -0.369 e. The molecule has 0 radical (unpaired) electrons. The number of ether oxygens (including phenoxy) is 1. The van der Waals surface area contributed by atoms with E-state index in [0.717, 1.165) is 17.8 Å². The zero-order valence-corrected chi connectivity index (χ0v) is 7.50. The maximum Gasteiger partial charge on any atom is 0.0878 e. The van der Waals surface area contributed by atoms with Gasteiger partial charge in [0.05, 0.1) is 12.2 Å². The molecule has 2 bridgehead atoms. The highest BCUT2D eigenvalue weighted by Crippen LogP contribution is 2.67. The van der Waals surface area contributed by atoms with E-state index in [9.17, 15) is 0 Å². The summed E-state index contributed by atoms with van der Waals surface area (Å²) in [5, 5.41) is 0. The van der Waals surface area contributed by atoms with Gasteiger partial charge in [-0.2, -0.15) is 0 Å². The maximum absolute atomic E-state index is 5.68. The standard InChI is InChI=1S/C10H16O/c1-5-6-4-7(10(6,2)3)9-8(5)11-9/h5-9H,4H2,1-3H3/t5-,6+,7+,8+,9-/m1/s1. The third-order valence-electron chi connectivity index (χ3n) is 4.53. The second-order valence-corrected chi connectivity index (χ2v) is 5.19. The second-order valence-electron chi connectivity index (χ2n) is 5.19. The van der Waals surface area contributed by atoms with Gasteiger partial charge in [0.15, 0.2) is 0 Å². The Morgan fingerprint density at radius 2 is 1.91 bits per heavy atom. The summed E-state index contributed by atoms with van der Waals surface area (Å²) in [6.45, 7) is 7.20. The molecule has 11 heavy (non-hydrogen) atoms. The molecule has 1 heterocycles. The summed E-state index contributed by atoms with van der Waals surface area (Å²) < 4.78 is 5.68. The van der Waals surface area contributed by atoms with Crippen LogP contribution in [0.2, 0.25) is 0 Å². The van der Waals surface area contributed by atoms with Gasteiger partial charge >= 0.3 is 0 Å². The average Bonchev–Trinajstić information content (AvgIpc) is 2.65. The molecular weight excluding hydrogens is 136 g/mol. The normalized spacial score (nSPS) is 63.0. The lowest BCUT2D eigenvalue weighted by molar-refractivity contribution is -0.0801. The lowest BCUT2D eigenvalue weighted by Gasteiger charge is -2.57. The molecule has 1 saturated heterocycles. The zero-order chi connectivity index (χ0) is 7.80. The molecule has 4 fully saturated rings. The van der Waals surface area contributed by atoms with Gasteiger partial charge in [0.1, 0.15) is 0 Å². The summed E-state index contributed by atoms with van der Waals surface area (Å²) in [5.41, 5.74) is 0.594. The molecule has 0 spiro atoms. The average molecular weight is 152 g/mol. The first-order valence-electron chi connectivity index (χ1n) is 4.78. The minimum absolute atomic E-state index is 0.594. The molecule has 4 rings (SSSR count). The Balaban J connectivity index is 1.96. The van der Waals surface area contributed by atoms with Crippen LogP contribution in [0.25, 0.3) is 0 Å². The quantitative estimate of drug-likeness (QED) is 0.484. The van der Waals surface area contributed by atoms with E-state index in [1.54, 1.807) is 0 Å². The van der Waals surface area contributed by atoms with E-state index in [2.05, 4.69) is 20.8 Å². The molecule has 0 unspecified atom stereocenters. The fourth-order valence-electron chi connectivity index (χ4n) is 3.56. The van der Waals surface area contributed by atoms with E-state index in [0.29, 0.717) is 17.6 Å². The minimum atomic E-state index is 0.594. The molecule has 0 aromatic rings. The summed E-state index contributed by atoms with van der Waals surface area (Å²) in [6, 6.07) is 0. The van der Waals surface area contributed by atoms with Crippen molar-refractivity contribution >= 4 is 0 Å². The van der Waals surface area contributed by atoms with Crippen molar-refractivity contribution in [2.75, 3.05) is 0 Å². The van der Waals surface area contributed by atoms with Gasteiger partial charge in [-0.25, -0.2) is 0 Å². The van der Waals surface area contributed by atoms with Crippen molar-refractivity contribution in [1.82, 2.24) is 0 Å². The van der Waals surface area contributed by atoms with Crippen LogP contribution >= 0.6 is 0 Å². The van der Waals surface area contributed by atoms with Crippen LogP contribution in [0.5, 0.6) is 0 Å². The van der Waals surface area contributed by atoms with Gasteiger partial charge in [0.2, 0.25) is 0 Å². The molecule has 62 valence electrons. The summed E-state index contributed by atoms with van der Waals surface area (Å²) in [5.74, 6) is 2.69. The van der Waals surface area contributed by atoms with Crippen molar-refractivity contribution in [2.45, 2.75) is 39.4 Å². The van der Waals surface area contributed by atoms with Gasteiger partial charge < -0.3 is 4.74 Å². The van der Waals surface area contributed by atoms with Crippen molar-refractivity contribution in [3.8, 4) is 0 Å². The Labute approximate surface area is 68.1 Å². The van der Waals surface area contributed by atoms with Crippen LogP contribution in [0, 0.1) is 23.2 Å². The lowest BCUT2D eigenvalue weighted by atomic mass is 9.46. The van der Waals surface area contributed by atoms with Gasteiger partial charge in [0.25, 0.3) is 0 Å². The topological polar surface area (TPSA) is 12.5 Å². The Morgan fingerprint density at radius 3 is 2.45 bits per heavy atom. The molecule has 0 aromatic carbocycles. The molecule has 0 N–H and O–H groups in total. The highest BCUT2D eigenvalue weighted by atomic mass is 16.6. The van der Waals surface area contributed by atoms with E-state index in [-0.39, 0.29) is 0 Å². The highest BCUT2D eigenvalue weighted by Gasteiger charge is 2.68. The van der Waals surface area contributed by atoms with Crippen molar-refractivity contribution in [1.29, 1.82) is 0 Å². The second kappa shape index (κ2) is 1.52. The van der Waals surface area contributed by atoms with Crippen molar-refractivity contribution < 1.29 is 4.74 Å². The molecule has 0 aromatic heterocycles. The van der Waals surface area contributed by atoms with E-state index in [1.165, 1.54) is 6.42 Å². The fourth-order valence-corrected chi connectivity index (χ4v) is 3.56. The number of hydrogen-bond acceptors (Lipinski definition) is 1. The molecule has 1 nitrogen and oxygen atoms in total. The molecule has 1 heteroatoms. The maximum atomic E-state index is 5.68. The Morgan fingerprint density at radius 1 is 1.18 bits per heavy atom. The summed E-state index contributed by atoms with van der Waals surface area (Å²) in [6.07, 6.45) is 2.76. The number of epoxide rings is 1. The van der Waals surface area contributed by atoms with Crippen molar-refractivity contribution in [3.05, 3.63) is 0 Å². The Bertz CT molecular complexity index is 209. The summed E-state index contributed by atoms with van der Waals surface area (Å²) >= 11 is 0. The molecule has 5 atom stereocenters. The lowest BCUT2D eigenvalue weighted by Crippen LogP contribution is -2.55. The number of hydrogen-bond donors (Lipinski definition) is 0. The predicted molar refractivity (Wildman–Crippen MR) is 43.2 cm³/mol. The smallest absolute Gasteiger partial charge is 0.0878 e. The molecule has 1 aliphatic heterocycles. The molecule has 3 saturated carbocycles. The molecule has 0 amide bonds. The monoisotopic (exact) mass is 152 g/mol. The predicted octanol–water partition coefficient (Wildman–Crippen LogP) is 2.07. The zero-order valence-electron chi connectivity index (χ0n) is 7.50. The molecule has 3 aliphatic carbocycles. The summed E-state index contributed by atoms with van der Waals surface area (Å²) in [4.78, 5) is 0. The Kier molecular flexibility index (Phi) is 0.893. The van der Waals surface area contributed by atoms with Gasteiger partial charge in [0, 0.05) is 0 Å². The van der Waals surface area contributed by atoms with Crippen LogP contribution in [-0.4, -0.2) is 12.2 Å². The first-order valence-corrected chi connectivity index (χ1v) is 4.78. The largest absolute Gasteiger partial charge is 0.369 e. The third kappa shape index (κ3) is 0.547. The first-order chi connectivity index (χ1) is 5.12. The SMILES string of the molecule is C[C@H]1[C@@H]2O[C@@H]2[C@@H]2C[C@@H]1C2(C)C. The van der Waals surface area contributed by atoms with E-state index in [1.807, 2.05) is 0 Å². The molecule has 4 aliphatic rings. The van der Waals surface area contributed by atoms with Crippen molar-refractivity contribution in [3.63, 3.8) is 0 Å². The highest BCUT2D eigenvalue weighted by molar-refractivity contribution is 5.15. The van der Waals surface area contributed by atoms with Crippen LogP contribution in [0.4, 0.5) is 0 Å². The van der Waals surface area contributed by atoms with E-state index >= 15 is 0 Å². The Hall–Kier alpha value is -0.0400. The van der Waals surface area contributed by atoms with Crippen LogP contribution in [0.15, 0.2) is 0 Å². The van der Waals surface area contributed by atoms with Crippen LogP contribution in [0.3, 0.4) is 0 Å². The van der Waals surface area contributed by atoms with Crippen LogP contribution < -0.4 is 0 Å². The van der Waals surface area contributed by atoms with Crippen LogP contribution in [0.1, 0.15) is 27.2 Å². The fraction of sp³-hybridized carbons (Fsp3) is 1.00. The van der Waals surface area contributed by atoms with Gasteiger partial charge in [-0.1, -0.05) is 20.8 Å². The van der Waals surface area contributed by atoms with Crippen molar-refractivity contribution in [2.24, 2.45) is 23.2 Å². The molecular formula is C10H16O. The van der Waals surface area contributed by atoms with Gasteiger partial charge in [-0.05, 0) is 29.6 Å².